The van der Waals surface area contributed by atoms with Gasteiger partial charge in [-0.3, -0.25) is 4.72 Å². The lowest BCUT2D eigenvalue weighted by atomic mass is 10.1. The average molecular weight is 164 g/mol. The van der Waals surface area contributed by atoms with Crippen molar-refractivity contribution in [3.63, 3.8) is 0 Å². The zero-order chi connectivity index (χ0) is 6.53. The molecule has 0 spiro atoms. The summed E-state index contributed by atoms with van der Waals surface area (Å²) in [5.41, 5.74) is 0. The molecule has 9 heavy (non-hydrogen) atoms. The van der Waals surface area contributed by atoms with Gasteiger partial charge in [0.2, 0.25) is 0 Å². The number of piperidine rings is 1. The molecule has 0 aromatic carbocycles. The summed E-state index contributed by atoms with van der Waals surface area (Å²) < 4.78 is 3.20. The summed E-state index contributed by atoms with van der Waals surface area (Å²) >= 11 is 4.01. The van der Waals surface area contributed by atoms with E-state index < -0.39 is 0 Å². The quantitative estimate of drug-likeness (QED) is 0.320. The van der Waals surface area contributed by atoms with Crippen LogP contribution in [0.5, 0.6) is 0 Å². The molecule has 1 saturated heterocycles. The molecule has 1 aliphatic rings. The van der Waals surface area contributed by atoms with Crippen LogP contribution in [0.15, 0.2) is 0 Å². The van der Waals surface area contributed by atoms with Crippen LogP contribution >= 0.6 is 22.6 Å². The topological polar surface area (TPSA) is 24.1 Å². The Bertz CT molecular complexity index is 70.6. The Balaban J connectivity index is 2.08. The lowest BCUT2D eigenvalue weighted by Crippen LogP contribution is -2.39. The van der Waals surface area contributed by atoms with Gasteiger partial charge in [0.1, 0.15) is 0 Å². The molecule has 1 rings (SSSR count). The summed E-state index contributed by atoms with van der Waals surface area (Å²) in [6.07, 6.45) is 2.56. The lowest BCUT2D eigenvalue weighted by molar-refractivity contribution is 0.442. The molecule has 4 heteroatoms. The van der Waals surface area contributed by atoms with E-state index in [0.29, 0.717) is 6.04 Å². The van der Waals surface area contributed by atoms with Gasteiger partial charge in [-0.25, -0.2) is 0 Å². The minimum absolute atomic E-state index is 0.626. The predicted octanol–water partition coefficient (Wildman–Crippen LogP) is 0.821. The molecule has 0 radical (unpaired) electrons. The highest BCUT2D eigenvalue weighted by Crippen LogP contribution is 2.07. The first-order valence-corrected chi connectivity index (χ1v) is 5.07. The van der Waals surface area contributed by atoms with Crippen molar-refractivity contribution in [2.24, 2.45) is 0 Å². The molecule has 1 aliphatic heterocycles. The first kappa shape index (κ1) is 7.72. The molecular formula is C5H12N2S2. The van der Waals surface area contributed by atoms with Gasteiger partial charge in [0, 0.05) is 12.6 Å². The Kier molecular flexibility index (Phi) is 3.81. The maximum Gasteiger partial charge on any atom is 0.0305 e. The van der Waals surface area contributed by atoms with Gasteiger partial charge in [-0.05, 0) is 30.4 Å². The second-order valence-corrected chi connectivity index (χ2v) is 3.22. The van der Waals surface area contributed by atoms with E-state index in [1.807, 2.05) is 0 Å². The first-order chi connectivity index (χ1) is 4.43. The summed E-state index contributed by atoms with van der Waals surface area (Å²) in [4.78, 5) is 0. The highest BCUT2D eigenvalue weighted by Gasteiger charge is 2.10. The van der Waals surface area contributed by atoms with Crippen LogP contribution < -0.4 is 10.0 Å². The molecule has 1 fully saturated rings. The van der Waals surface area contributed by atoms with Crippen LogP contribution in [-0.4, -0.2) is 19.1 Å². The summed E-state index contributed by atoms with van der Waals surface area (Å²) in [5, 5.41) is 3.31. The van der Waals surface area contributed by atoms with Crippen LogP contribution in [0.25, 0.3) is 0 Å². The van der Waals surface area contributed by atoms with Gasteiger partial charge >= 0.3 is 0 Å². The summed E-state index contributed by atoms with van der Waals surface area (Å²) in [5.74, 6) is 0. The van der Waals surface area contributed by atoms with Gasteiger partial charge in [0.05, 0.1) is 0 Å². The average Bonchev–Trinajstić information content (AvgIpc) is 1.91. The Morgan fingerprint density at radius 1 is 1.67 bits per heavy atom. The SMILES string of the molecule is SSNC1CCCNC1. The van der Waals surface area contributed by atoms with Crippen LogP contribution in [-0.2, 0) is 0 Å². The molecule has 1 atom stereocenters. The molecule has 54 valence electrons. The minimum atomic E-state index is 0.626. The standard InChI is InChI=1S/C5H12N2S2/c8-9-7-5-2-1-3-6-4-5/h5-8H,1-4H2. The van der Waals surface area contributed by atoms with Crippen molar-refractivity contribution in [1.29, 1.82) is 0 Å². The normalized spacial score (nSPS) is 28.3. The Morgan fingerprint density at radius 2 is 2.56 bits per heavy atom. The Hall–Kier alpha value is 0.620. The lowest BCUT2D eigenvalue weighted by Gasteiger charge is -2.21. The largest absolute Gasteiger partial charge is 0.315 e. The molecule has 0 saturated carbocycles. The fourth-order valence-electron chi connectivity index (χ4n) is 1.03. The van der Waals surface area contributed by atoms with E-state index in [2.05, 4.69) is 21.7 Å². The molecule has 1 heterocycles. The highest BCUT2D eigenvalue weighted by atomic mass is 33.1. The molecule has 1 unspecified atom stereocenters. The van der Waals surface area contributed by atoms with E-state index in [4.69, 9.17) is 0 Å². The van der Waals surface area contributed by atoms with Crippen LogP contribution in [0.4, 0.5) is 0 Å². The summed E-state index contributed by atoms with van der Waals surface area (Å²) in [6, 6.07) is 0.626. The van der Waals surface area contributed by atoms with Crippen molar-refractivity contribution >= 4 is 22.6 Å². The van der Waals surface area contributed by atoms with Crippen molar-refractivity contribution < 1.29 is 0 Å². The van der Waals surface area contributed by atoms with Crippen molar-refractivity contribution in [1.82, 2.24) is 10.0 Å². The van der Waals surface area contributed by atoms with Gasteiger partial charge in [-0.2, -0.15) is 0 Å². The van der Waals surface area contributed by atoms with Crippen LogP contribution in [0.3, 0.4) is 0 Å². The summed E-state index contributed by atoms with van der Waals surface area (Å²) in [7, 11) is 1.41. The minimum Gasteiger partial charge on any atom is -0.315 e. The third-order valence-electron chi connectivity index (χ3n) is 1.52. The third-order valence-corrected chi connectivity index (χ3v) is 2.27. The number of hydrogen-bond donors (Lipinski definition) is 3. The second-order valence-electron chi connectivity index (χ2n) is 2.25. The van der Waals surface area contributed by atoms with Crippen LogP contribution in [0.1, 0.15) is 12.8 Å². The number of rotatable bonds is 2. The highest BCUT2D eigenvalue weighted by molar-refractivity contribution is 8.67. The van der Waals surface area contributed by atoms with Gasteiger partial charge in [0.25, 0.3) is 0 Å². The van der Waals surface area contributed by atoms with E-state index in [9.17, 15) is 0 Å². The molecule has 0 aromatic heterocycles. The monoisotopic (exact) mass is 164 g/mol. The van der Waals surface area contributed by atoms with Crippen molar-refractivity contribution in [2.75, 3.05) is 13.1 Å². The van der Waals surface area contributed by atoms with Gasteiger partial charge in [-0.1, -0.05) is 11.7 Å². The predicted molar refractivity (Wildman–Crippen MR) is 45.6 cm³/mol. The zero-order valence-electron chi connectivity index (χ0n) is 5.26. The van der Waals surface area contributed by atoms with E-state index >= 15 is 0 Å². The van der Waals surface area contributed by atoms with Crippen molar-refractivity contribution in [3.05, 3.63) is 0 Å². The molecular weight excluding hydrogens is 152 g/mol. The van der Waals surface area contributed by atoms with E-state index in [1.165, 1.54) is 30.4 Å². The third kappa shape index (κ3) is 2.80. The van der Waals surface area contributed by atoms with Gasteiger partial charge < -0.3 is 5.32 Å². The summed E-state index contributed by atoms with van der Waals surface area (Å²) in [6.45, 7) is 2.27. The number of hydrogen-bond acceptors (Lipinski definition) is 4. The maximum atomic E-state index is 4.01. The molecule has 0 aromatic rings. The second kappa shape index (κ2) is 4.44. The smallest absolute Gasteiger partial charge is 0.0305 e. The Labute approximate surface area is 65.1 Å². The number of nitrogens with one attached hydrogen (secondary N) is 2. The maximum absolute atomic E-state index is 4.01. The number of thiol groups is 1. The molecule has 2 nitrogen and oxygen atoms in total. The van der Waals surface area contributed by atoms with Crippen LogP contribution in [0.2, 0.25) is 0 Å². The first-order valence-electron chi connectivity index (χ1n) is 3.20. The Morgan fingerprint density at radius 3 is 3.11 bits per heavy atom. The molecule has 0 aliphatic carbocycles. The molecule has 2 N–H and O–H groups in total. The molecule has 0 amide bonds. The van der Waals surface area contributed by atoms with E-state index in [1.54, 1.807) is 0 Å². The van der Waals surface area contributed by atoms with Gasteiger partial charge in [0.15, 0.2) is 0 Å². The van der Waals surface area contributed by atoms with Gasteiger partial charge in [-0.15, -0.1) is 0 Å². The fourth-order valence-corrected chi connectivity index (χ4v) is 1.82. The van der Waals surface area contributed by atoms with Crippen LogP contribution in [0, 0.1) is 0 Å². The molecule has 0 bridgehead atoms. The van der Waals surface area contributed by atoms with Crippen molar-refractivity contribution in [3.8, 4) is 0 Å². The zero-order valence-corrected chi connectivity index (χ0v) is 6.97. The van der Waals surface area contributed by atoms with Crippen molar-refractivity contribution in [2.45, 2.75) is 18.9 Å². The van der Waals surface area contributed by atoms with E-state index in [-0.39, 0.29) is 0 Å². The van der Waals surface area contributed by atoms with E-state index in [0.717, 1.165) is 6.54 Å². The fraction of sp³-hybridized carbons (Fsp3) is 1.00.